The average molecular weight is 307 g/mol. The lowest BCUT2D eigenvalue weighted by molar-refractivity contribution is -0.140. The van der Waals surface area contributed by atoms with Gasteiger partial charge in [-0.25, -0.2) is 4.39 Å². The van der Waals surface area contributed by atoms with Crippen LogP contribution in [-0.2, 0) is 10.9 Å². The van der Waals surface area contributed by atoms with Crippen LogP contribution in [0, 0.1) is 5.82 Å². The second-order valence-corrected chi connectivity index (χ2v) is 6.18. The minimum atomic E-state index is -4.72. The lowest BCUT2D eigenvalue weighted by atomic mass is 9.88. The molecular formula is C13H7ClF4S. The average Bonchev–Trinajstić information content (AvgIpc) is 3.04. The van der Waals surface area contributed by atoms with Crippen molar-refractivity contribution < 1.29 is 17.6 Å². The van der Waals surface area contributed by atoms with Crippen LogP contribution in [-0.4, -0.2) is 5.25 Å². The molecule has 0 bridgehead atoms. The van der Waals surface area contributed by atoms with Gasteiger partial charge in [0.15, 0.2) is 0 Å². The van der Waals surface area contributed by atoms with Gasteiger partial charge in [0.1, 0.15) is 5.82 Å². The Morgan fingerprint density at radius 2 is 2.00 bits per heavy atom. The predicted octanol–water partition coefficient (Wildman–Crippen LogP) is 4.85. The minimum Gasteiger partial charge on any atom is -0.206 e. The van der Waals surface area contributed by atoms with Gasteiger partial charge in [0, 0.05) is 5.03 Å². The van der Waals surface area contributed by atoms with Crippen LogP contribution in [0.15, 0.2) is 41.5 Å². The highest BCUT2D eigenvalue weighted by molar-refractivity contribution is 8.08. The zero-order chi connectivity index (χ0) is 13.8. The summed E-state index contributed by atoms with van der Waals surface area (Å²) in [5, 5.41) is 0.243. The van der Waals surface area contributed by atoms with E-state index < -0.39 is 22.3 Å². The molecular weight excluding hydrogens is 300 g/mol. The Labute approximate surface area is 116 Å². The van der Waals surface area contributed by atoms with Crippen LogP contribution in [0.4, 0.5) is 17.6 Å². The maximum absolute atomic E-state index is 13.6. The number of hydrogen-bond acceptors (Lipinski definition) is 1. The van der Waals surface area contributed by atoms with E-state index in [1.54, 1.807) is 18.2 Å². The van der Waals surface area contributed by atoms with E-state index in [1.807, 2.05) is 0 Å². The summed E-state index contributed by atoms with van der Waals surface area (Å²) in [4.78, 5) is 0. The van der Waals surface area contributed by atoms with Crippen molar-refractivity contribution in [1.29, 1.82) is 0 Å². The van der Waals surface area contributed by atoms with E-state index in [0.717, 1.165) is 6.07 Å². The van der Waals surface area contributed by atoms with Crippen molar-refractivity contribution in [1.82, 2.24) is 0 Å². The van der Waals surface area contributed by atoms with E-state index in [0.29, 0.717) is 5.03 Å². The van der Waals surface area contributed by atoms with Crippen molar-refractivity contribution in [3.8, 4) is 0 Å². The van der Waals surface area contributed by atoms with E-state index in [-0.39, 0.29) is 10.8 Å². The molecule has 1 aromatic carbocycles. The fourth-order valence-electron chi connectivity index (χ4n) is 2.35. The summed E-state index contributed by atoms with van der Waals surface area (Å²) in [6, 6.07) is 3.44. The molecule has 0 aromatic heterocycles. The molecule has 0 saturated carbocycles. The van der Waals surface area contributed by atoms with Crippen LogP contribution in [0.5, 0.6) is 0 Å². The van der Waals surface area contributed by atoms with E-state index in [1.165, 1.54) is 23.9 Å². The molecule has 0 amide bonds. The van der Waals surface area contributed by atoms with Gasteiger partial charge in [-0.05, 0) is 17.7 Å². The molecule has 0 spiro atoms. The van der Waals surface area contributed by atoms with Gasteiger partial charge >= 0.3 is 6.18 Å². The fraction of sp³-hybridized carbons (Fsp3) is 0.231. The summed E-state index contributed by atoms with van der Waals surface area (Å²) < 4.78 is 51.8. The summed E-state index contributed by atoms with van der Waals surface area (Å²) >= 11 is 7.26. The van der Waals surface area contributed by atoms with Crippen molar-refractivity contribution in [2.24, 2.45) is 0 Å². The minimum absolute atomic E-state index is 0.0579. The molecule has 100 valence electrons. The Morgan fingerprint density at radius 1 is 1.26 bits per heavy atom. The second-order valence-electron chi connectivity index (χ2n) is 4.36. The molecule has 0 N–H and O–H groups in total. The zero-order valence-electron chi connectivity index (χ0n) is 9.34. The van der Waals surface area contributed by atoms with E-state index >= 15 is 0 Å². The van der Waals surface area contributed by atoms with Crippen LogP contribution in [0.25, 0.3) is 0 Å². The Bertz CT molecular complexity index is 605. The normalized spacial score (nSPS) is 28.9. The van der Waals surface area contributed by atoms with Crippen LogP contribution < -0.4 is 0 Å². The van der Waals surface area contributed by atoms with Gasteiger partial charge in [-0.1, -0.05) is 35.9 Å². The largest absolute Gasteiger partial charge is 0.419 e. The second kappa shape index (κ2) is 4.03. The Balaban J connectivity index is 2.17. The Kier molecular flexibility index (Phi) is 2.77. The molecule has 19 heavy (non-hydrogen) atoms. The third-order valence-electron chi connectivity index (χ3n) is 3.21. The summed E-state index contributed by atoms with van der Waals surface area (Å²) in [5.41, 5.74) is -1.25. The molecule has 2 atom stereocenters. The third-order valence-corrected chi connectivity index (χ3v) is 5.28. The first-order valence-corrected chi connectivity index (χ1v) is 6.71. The summed E-state index contributed by atoms with van der Waals surface area (Å²) in [7, 11) is 0. The molecule has 2 unspecified atom stereocenters. The number of rotatable bonds is 1. The summed E-state index contributed by atoms with van der Waals surface area (Å²) in [6.45, 7) is 0. The number of thioether (sulfide) groups is 1. The molecule has 1 aliphatic heterocycles. The molecule has 0 radical (unpaired) electrons. The van der Waals surface area contributed by atoms with Crippen molar-refractivity contribution in [2.45, 2.75) is 16.2 Å². The Morgan fingerprint density at radius 3 is 2.68 bits per heavy atom. The molecule has 6 heteroatoms. The molecule has 0 nitrogen and oxygen atoms in total. The summed E-state index contributed by atoms with van der Waals surface area (Å²) in [5.74, 6) is -1.25. The molecule has 3 rings (SSSR count). The van der Waals surface area contributed by atoms with Gasteiger partial charge in [-0.3, -0.25) is 0 Å². The predicted molar refractivity (Wildman–Crippen MR) is 67.5 cm³/mol. The van der Waals surface area contributed by atoms with Gasteiger partial charge in [-0.2, -0.15) is 13.2 Å². The first kappa shape index (κ1) is 13.1. The Hall–Kier alpha value is -0.940. The molecule has 1 aromatic rings. The molecule has 1 heterocycles. The van der Waals surface area contributed by atoms with Crippen LogP contribution >= 0.6 is 23.4 Å². The van der Waals surface area contributed by atoms with Crippen molar-refractivity contribution in [3.63, 3.8) is 0 Å². The molecule has 1 aliphatic carbocycles. The summed E-state index contributed by atoms with van der Waals surface area (Å²) in [6.07, 6.45) is 0.198. The van der Waals surface area contributed by atoms with E-state index in [2.05, 4.69) is 0 Å². The molecule has 1 saturated heterocycles. The third kappa shape index (κ3) is 1.91. The topological polar surface area (TPSA) is 0 Å². The lowest BCUT2D eigenvalue weighted by Gasteiger charge is -2.20. The maximum atomic E-state index is 13.6. The highest BCUT2D eigenvalue weighted by Gasteiger charge is 2.60. The standard InChI is InChI=1S/C13H7ClF4S/c14-8-4-2-6-12(11(8)19-12)7-3-1-5-9(15)10(7)13(16,17)18/h1-6,11H. The quantitative estimate of drug-likeness (QED) is 0.528. The molecule has 2 aliphatic rings. The molecule has 1 fully saturated rings. The lowest BCUT2D eigenvalue weighted by Crippen LogP contribution is -2.20. The smallest absolute Gasteiger partial charge is 0.206 e. The van der Waals surface area contributed by atoms with Crippen molar-refractivity contribution in [3.05, 3.63) is 58.4 Å². The van der Waals surface area contributed by atoms with Crippen LogP contribution in [0.1, 0.15) is 11.1 Å². The van der Waals surface area contributed by atoms with Crippen LogP contribution in [0.2, 0.25) is 0 Å². The van der Waals surface area contributed by atoms with E-state index in [4.69, 9.17) is 11.6 Å². The van der Waals surface area contributed by atoms with Crippen LogP contribution in [0.3, 0.4) is 0 Å². The number of halogens is 5. The van der Waals surface area contributed by atoms with E-state index in [9.17, 15) is 17.6 Å². The van der Waals surface area contributed by atoms with Gasteiger partial charge < -0.3 is 0 Å². The van der Waals surface area contributed by atoms with Crippen molar-refractivity contribution >= 4 is 23.4 Å². The number of fused-ring (bicyclic) bond motifs is 1. The van der Waals surface area contributed by atoms with Crippen molar-refractivity contribution in [2.75, 3.05) is 0 Å². The monoisotopic (exact) mass is 306 g/mol. The maximum Gasteiger partial charge on any atom is 0.419 e. The van der Waals surface area contributed by atoms with Gasteiger partial charge in [0.05, 0.1) is 15.6 Å². The highest BCUT2D eigenvalue weighted by atomic mass is 35.5. The number of hydrogen-bond donors (Lipinski definition) is 0. The SMILES string of the molecule is Fc1cccc(C23C=CC=C(Cl)C2S3)c1C(F)(F)F. The first-order chi connectivity index (χ1) is 8.86. The number of benzene rings is 1. The fourth-order valence-corrected chi connectivity index (χ4v) is 4.09. The van der Waals surface area contributed by atoms with Gasteiger partial charge in [-0.15, -0.1) is 11.8 Å². The number of alkyl halides is 3. The van der Waals surface area contributed by atoms with Gasteiger partial charge in [0.25, 0.3) is 0 Å². The number of allylic oxidation sites excluding steroid dienone is 2. The zero-order valence-corrected chi connectivity index (χ0v) is 10.9. The highest BCUT2D eigenvalue weighted by Crippen LogP contribution is 2.68. The first-order valence-electron chi connectivity index (χ1n) is 5.45. The van der Waals surface area contributed by atoms with Gasteiger partial charge in [0.2, 0.25) is 0 Å².